The van der Waals surface area contributed by atoms with Crippen molar-refractivity contribution in [1.82, 2.24) is 14.8 Å². The van der Waals surface area contributed by atoms with Gasteiger partial charge in [0.25, 0.3) is 0 Å². The summed E-state index contributed by atoms with van der Waals surface area (Å²) in [6.45, 7) is 5.32. The summed E-state index contributed by atoms with van der Waals surface area (Å²) in [5.41, 5.74) is 1.68. The zero-order valence-electron chi connectivity index (χ0n) is 27.7. The second-order valence-electron chi connectivity index (χ2n) is 11.9. The van der Waals surface area contributed by atoms with E-state index in [2.05, 4.69) is 31.2 Å². The summed E-state index contributed by atoms with van der Waals surface area (Å²) in [7, 11) is 4.14. The van der Waals surface area contributed by atoms with Gasteiger partial charge in [-0.3, -0.25) is 4.79 Å². The van der Waals surface area contributed by atoms with Crippen molar-refractivity contribution < 1.29 is 9.84 Å². The highest BCUT2D eigenvalue weighted by molar-refractivity contribution is 5.86. The SMILES string of the molecule is CCCCCCCCCCCCCCCCCCOc1cn(-c2ccc(O)cc2)c(CNCCCN(C)C)cc1=O.Cl.Cl.Cl. The van der Waals surface area contributed by atoms with Gasteiger partial charge in [0.15, 0.2) is 5.75 Å². The molecule has 1 heterocycles. The van der Waals surface area contributed by atoms with Gasteiger partial charge < -0.3 is 24.6 Å². The summed E-state index contributed by atoms with van der Waals surface area (Å²) in [4.78, 5) is 15.0. The Hall–Kier alpha value is -1.44. The summed E-state index contributed by atoms with van der Waals surface area (Å²) in [5, 5.41) is 13.2. The van der Waals surface area contributed by atoms with Crippen molar-refractivity contribution in [3.05, 3.63) is 52.4 Å². The van der Waals surface area contributed by atoms with Crippen molar-refractivity contribution in [2.75, 3.05) is 33.8 Å². The van der Waals surface area contributed by atoms with E-state index in [0.717, 1.165) is 43.7 Å². The van der Waals surface area contributed by atoms with Crippen LogP contribution >= 0.6 is 37.2 Å². The number of ether oxygens (including phenoxy) is 1. The third kappa shape index (κ3) is 20.6. The maximum Gasteiger partial charge on any atom is 0.223 e. The number of pyridine rings is 1. The van der Waals surface area contributed by atoms with Crippen molar-refractivity contribution in [1.29, 1.82) is 0 Å². The summed E-state index contributed by atoms with van der Waals surface area (Å²) in [6.07, 6.45) is 24.2. The first-order chi connectivity index (χ1) is 20.0. The summed E-state index contributed by atoms with van der Waals surface area (Å²) in [6, 6.07) is 8.72. The zero-order valence-corrected chi connectivity index (χ0v) is 30.1. The number of halogens is 3. The van der Waals surface area contributed by atoms with Crippen LogP contribution in [0.5, 0.6) is 11.5 Å². The van der Waals surface area contributed by atoms with Crippen LogP contribution in [0.3, 0.4) is 0 Å². The third-order valence-corrected chi connectivity index (χ3v) is 7.74. The molecule has 0 radical (unpaired) electrons. The molecule has 0 aliphatic carbocycles. The highest BCUT2D eigenvalue weighted by Crippen LogP contribution is 2.19. The van der Waals surface area contributed by atoms with Crippen molar-refractivity contribution >= 4 is 37.2 Å². The molecule has 9 heteroatoms. The lowest BCUT2D eigenvalue weighted by molar-refractivity contribution is 0.299. The van der Waals surface area contributed by atoms with Gasteiger partial charge >= 0.3 is 0 Å². The van der Waals surface area contributed by atoms with E-state index < -0.39 is 0 Å². The Morgan fingerprint density at radius 1 is 0.750 bits per heavy atom. The van der Waals surface area contributed by atoms with Crippen LogP contribution in [0.2, 0.25) is 0 Å². The number of nitrogens with one attached hydrogen (secondary N) is 1. The van der Waals surface area contributed by atoms with E-state index >= 15 is 0 Å². The van der Waals surface area contributed by atoms with Crippen LogP contribution in [0, 0.1) is 0 Å². The molecule has 2 rings (SSSR count). The van der Waals surface area contributed by atoms with E-state index in [9.17, 15) is 9.90 Å². The molecule has 0 spiro atoms. The number of phenols is 1. The fraction of sp³-hybridized carbons (Fsp3) is 0.686. The first-order valence-electron chi connectivity index (χ1n) is 16.5. The number of unbranched alkanes of at least 4 members (excludes halogenated alkanes) is 15. The molecule has 0 amide bonds. The minimum Gasteiger partial charge on any atom is -0.508 e. The molecule has 0 unspecified atom stereocenters. The Balaban J connectivity index is 0. The lowest BCUT2D eigenvalue weighted by atomic mass is 10.0. The Kier molecular flexibility index (Phi) is 29.4. The average molecular weight is 679 g/mol. The summed E-state index contributed by atoms with van der Waals surface area (Å²) in [5.74, 6) is 0.605. The molecule has 2 N–H and O–H groups in total. The molecule has 0 atom stereocenters. The van der Waals surface area contributed by atoms with Crippen LogP contribution < -0.4 is 15.5 Å². The van der Waals surface area contributed by atoms with Crippen LogP contribution in [0.15, 0.2) is 41.3 Å². The Bertz CT molecular complexity index is 987. The summed E-state index contributed by atoms with van der Waals surface area (Å²) < 4.78 is 7.95. The molecular weight excluding hydrogens is 617 g/mol. The molecular formula is C35H62Cl3N3O3. The van der Waals surface area contributed by atoms with Gasteiger partial charge in [-0.25, -0.2) is 0 Å². The van der Waals surface area contributed by atoms with Gasteiger partial charge in [0.2, 0.25) is 5.43 Å². The predicted octanol–water partition coefficient (Wildman–Crippen LogP) is 9.49. The summed E-state index contributed by atoms with van der Waals surface area (Å²) >= 11 is 0. The molecule has 1 aromatic carbocycles. The Labute approximate surface area is 287 Å². The second kappa shape index (κ2) is 29.0. The topological polar surface area (TPSA) is 66.7 Å². The molecule has 6 nitrogen and oxygen atoms in total. The molecule has 0 bridgehead atoms. The van der Waals surface area contributed by atoms with E-state index in [-0.39, 0.29) is 48.4 Å². The van der Waals surface area contributed by atoms with E-state index in [4.69, 9.17) is 4.74 Å². The predicted molar refractivity (Wildman–Crippen MR) is 195 cm³/mol. The Morgan fingerprint density at radius 2 is 1.25 bits per heavy atom. The van der Waals surface area contributed by atoms with Gasteiger partial charge in [-0.15, -0.1) is 37.2 Å². The lowest BCUT2D eigenvalue weighted by Crippen LogP contribution is -2.24. The van der Waals surface area contributed by atoms with Crippen molar-refractivity contribution in [3.8, 4) is 17.2 Å². The number of rotatable bonds is 25. The lowest BCUT2D eigenvalue weighted by Gasteiger charge is -2.17. The van der Waals surface area contributed by atoms with E-state index in [1.54, 1.807) is 24.4 Å². The highest BCUT2D eigenvalue weighted by Gasteiger charge is 2.10. The van der Waals surface area contributed by atoms with E-state index in [1.165, 1.54) is 89.9 Å². The number of nitrogens with zero attached hydrogens (tertiary/aromatic N) is 2. The molecule has 0 aliphatic rings. The second-order valence-corrected chi connectivity index (χ2v) is 11.9. The maximum atomic E-state index is 12.8. The smallest absolute Gasteiger partial charge is 0.223 e. The average Bonchev–Trinajstić information content (AvgIpc) is 2.95. The van der Waals surface area contributed by atoms with E-state index in [1.807, 2.05) is 16.7 Å². The van der Waals surface area contributed by atoms with Gasteiger partial charge in [0.05, 0.1) is 12.8 Å². The number of benzene rings is 1. The van der Waals surface area contributed by atoms with Crippen LogP contribution in [-0.2, 0) is 6.54 Å². The fourth-order valence-electron chi connectivity index (χ4n) is 5.22. The van der Waals surface area contributed by atoms with E-state index in [0.29, 0.717) is 18.9 Å². The minimum absolute atomic E-state index is 0. The number of aromatic hydroxyl groups is 1. The molecule has 0 saturated carbocycles. The van der Waals surface area contributed by atoms with Crippen LogP contribution in [0.4, 0.5) is 0 Å². The first kappa shape index (κ1) is 44.7. The maximum absolute atomic E-state index is 12.8. The van der Waals surface area contributed by atoms with Crippen molar-refractivity contribution in [3.63, 3.8) is 0 Å². The zero-order chi connectivity index (χ0) is 29.5. The molecule has 44 heavy (non-hydrogen) atoms. The quantitative estimate of drug-likeness (QED) is 0.102. The van der Waals surface area contributed by atoms with Crippen molar-refractivity contribution in [2.24, 2.45) is 0 Å². The van der Waals surface area contributed by atoms with Gasteiger partial charge in [-0.05, 0) is 64.3 Å². The fourth-order valence-corrected chi connectivity index (χ4v) is 5.22. The Morgan fingerprint density at radius 3 is 1.75 bits per heavy atom. The number of phenolic OH excluding ortho intramolecular Hbond substituents is 1. The van der Waals surface area contributed by atoms with Gasteiger partial charge in [-0.1, -0.05) is 103 Å². The van der Waals surface area contributed by atoms with Crippen LogP contribution in [0.25, 0.3) is 5.69 Å². The number of aromatic nitrogens is 1. The number of hydrogen-bond donors (Lipinski definition) is 2. The monoisotopic (exact) mass is 677 g/mol. The highest BCUT2D eigenvalue weighted by atomic mass is 35.5. The van der Waals surface area contributed by atoms with Gasteiger partial charge in [0, 0.05) is 24.0 Å². The largest absolute Gasteiger partial charge is 0.508 e. The first-order valence-corrected chi connectivity index (χ1v) is 16.5. The van der Waals surface area contributed by atoms with Gasteiger partial charge in [0.1, 0.15) is 5.75 Å². The van der Waals surface area contributed by atoms with Crippen LogP contribution in [-0.4, -0.2) is 48.4 Å². The van der Waals surface area contributed by atoms with Crippen molar-refractivity contribution in [2.45, 2.75) is 123 Å². The molecule has 256 valence electrons. The molecule has 0 saturated heterocycles. The molecule has 2 aromatic rings. The molecule has 0 fully saturated rings. The molecule has 1 aromatic heterocycles. The number of hydrogen-bond acceptors (Lipinski definition) is 5. The van der Waals surface area contributed by atoms with Gasteiger partial charge in [-0.2, -0.15) is 0 Å². The molecule has 0 aliphatic heterocycles. The van der Waals surface area contributed by atoms with Crippen LogP contribution in [0.1, 0.15) is 122 Å². The normalized spacial score (nSPS) is 10.6. The third-order valence-electron chi connectivity index (χ3n) is 7.74. The minimum atomic E-state index is -0.0818. The standard InChI is InChI=1S/C35H59N3O3.3ClH/c1-4-5-6-7-8-9-10-11-12-13-14-15-16-17-18-19-27-41-35-30-38(31-21-23-33(39)24-22-31)32(28-34(35)40)29-36-25-20-26-37(2)3;;;/h21-24,28,30,36,39H,4-20,25-27,29H2,1-3H3;3*1H.